The summed E-state index contributed by atoms with van der Waals surface area (Å²) in [5.74, 6) is 0.0592. The van der Waals surface area contributed by atoms with Gasteiger partial charge in [0.2, 0.25) is 0 Å². The van der Waals surface area contributed by atoms with Gasteiger partial charge in [-0.25, -0.2) is 24.3 Å². The van der Waals surface area contributed by atoms with Gasteiger partial charge in [-0.3, -0.25) is 4.79 Å². The van der Waals surface area contributed by atoms with E-state index in [4.69, 9.17) is 0 Å². The van der Waals surface area contributed by atoms with Crippen molar-refractivity contribution in [3.8, 4) is 0 Å². The average molecular weight is 354 g/mol. The van der Waals surface area contributed by atoms with Crippen LogP contribution in [0.15, 0.2) is 53.3 Å². The second-order valence-corrected chi connectivity index (χ2v) is 6.20. The predicted octanol–water partition coefficient (Wildman–Crippen LogP) is 3.11. The highest BCUT2D eigenvalue weighted by Crippen LogP contribution is 2.13. The molecular formula is C19H19FN4O2. The first kappa shape index (κ1) is 17.6. The van der Waals surface area contributed by atoms with Crippen LogP contribution in [-0.4, -0.2) is 15.7 Å². The third-order valence-corrected chi connectivity index (χ3v) is 3.90. The minimum Gasteiger partial charge on any atom is -0.333 e. The number of hydrogen-bond acceptors (Lipinski definition) is 3. The molecule has 0 saturated carbocycles. The Kier molecular flexibility index (Phi) is 4.97. The van der Waals surface area contributed by atoms with Gasteiger partial charge in [0, 0.05) is 12.5 Å². The number of benzene rings is 2. The van der Waals surface area contributed by atoms with Crippen LogP contribution in [-0.2, 0) is 6.54 Å². The lowest BCUT2D eigenvalue weighted by molar-refractivity contribution is 0.248. The highest BCUT2D eigenvalue weighted by molar-refractivity contribution is 5.83. The molecule has 0 aliphatic heterocycles. The van der Waals surface area contributed by atoms with E-state index in [1.165, 1.54) is 16.8 Å². The molecule has 1 heterocycles. The normalized spacial score (nSPS) is 10.9. The van der Waals surface area contributed by atoms with Gasteiger partial charge in [0.1, 0.15) is 11.6 Å². The molecular weight excluding hydrogens is 335 g/mol. The number of hydrogen-bond donors (Lipinski definition) is 2. The summed E-state index contributed by atoms with van der Waals surface area (Å²) in [5, 5.41) is 3.07. The van der Waals surface area contributed by atoms with E-state index in [0.29, 0.717) is 16.7 Å². The highest BCUT2D eigenvalue weighted by atomic mass is 19.1. The van der Waals surface area contributed by atoms with Gasteiger partial charge in [-0.05, 0) is 29.8 Å². The fourth-order valence-corrected chi connectivity index (χ4v) is 2.57. The molecule has 6 nitrogen and oxygen atoms in total. The van der Waals surface area contributed by atoms with Gasteiger partial charge >= 0.3 is 6.03 Å². The summed E-state index contributed by atoms with van der Waals surface area (Å²) in [5.41, 5.74) is 3.55. The summed E-state index contributed by atoms with van der Waals surface area (Å²) >= 11 is 0. The Morgan fingerprint density at radius 1 is 1.15 bits per heavy atom. The first-order chi connectivity index (χ1) is 12.5. The fourth-order valence-electron chi connectivity index (χ4n) is 2.57. The zero-order chi connectivity index (χ0) is 18.7. The first-order valence-electron chi connectivity index (χ1n) is 8.26. The Balaban J connectivity index is 1.83. The highest BCUT2D eigenvalue weighted by Gasteiger charge is 2.15. The number of para-hydroxylation sites is 1. The minimum absolute atomic E-state index is 0.0651. The van der Waals surface area contributed by atoms with Crippen molar-refractivity contribution in [2.24, 2.45) is 0 Å². The van der Waals surface area contributed by atoms with Gasteiger partial charge in [-0.1, -0.05) is 38.1 Å². The molecule has 0 aliphatic rings. The number of nitrogens with zero attached hydrogens (tertiary/aromatic N) is 2. The Morgan fingerprint density at radius 3 is 2.54 bits per heavy atom. The fraction of sp³-hybridized carbons (Fsp3) is 0.211. The third-order valence-electron chi connectivity index (χ3n) is 3.90. The molecule has 0 bridgehead atoms. The molecule has 0 spiro atoms. The number of rotatable bonds is 4. The molecule has 0 aliphatic carbocycles. The molecule has 3 rings (SSSR count). The number of urea groups is 1. The second-order valence-electron chi connectivity index (χ2n) is 6.20. The summed E-state index contributed by atoms with van der Waals surface area (Å²) in [4.78, 5) is 29.5. The van der Waals surface area contributed by atoms with Crippen LogP contribution in [0.5, 0.6) is 0 Å². The SMILES string of the molecule is CC(C)c1nc2ccccc2c(=O)n1NC(=O)NCc1ccc(F)cc1. The van der Waals surface area contributed by atoms with Gasteiger partial charge in [0.05, 0.1) is 10.9 Å². The third kappa shape index (κ3) is 3.72. The van der Waals surface area contributed by atoms with Gasteiger partial charge in [0.25, 0.3) is 5.56 Å². The lowest BCUT2D eigenvalue weighted by atomic mass is 10.2. The van der Waals surface area contributed by atoms with E-state index in [9.17, 15) is 14.0 Å². The molecule has 0 saturated heterocycles. The Hall–Kier alpha value is -3.22. The number of halogens is 1. The Labute approximate surface area is 149 Å². The molecule has 26 heavy (non-hydrogen) atoms. The first-order valence-corrected chi connectivity index (χ1v) is 8.26. The van der Waals surface area contributed by atoms with E-state index in [1.54, 1.807) is 30.3 Å². The standard InChI is InChI=1S/C19H19FN4O2/c1-12(2)17-22-16-6-4-3-5-15(16)18(25)24(17)23-19(26)21-11-13-7-9-14(20)10-8-13/h3-10,12H,11H2,1-2H3,(H2,21,23,26). The zero-order valence-corrected chi connectivity index (χ0v) is 14.5. The smallest absolute Gasteiger partial charge is 0.333 e. The summed E-state index contributed by atoms with van der Waals surface area (Å²) in [6.07, 6.45) is 0. The van der Waals surface area contributed by atoms with Crippen LogP contribution in [0.2, 0.25) is 0 Å². The lowest BCUT2D eigenvalue weighted by Gasteiger charge is -2.17. The van der Waals surface area contributed by atoms with Crippen molar-refractivity contribution in [2.75, 3.05) is 5.43 Å². The lowest BCUT2D eigenvalue weighted by Crippen LogP contribution is -2.41. The summed E-state index contributed by atoms with van der Waals surface area (Å²) < 4.78 is 14.1. The number of carbonyl (C=O) groups is 1. The molecule has 7 heteroatoms. The van der Waals surface area contributed by atoms with E-state index < -0.39 is 6.03 Å². The van der Waals surface area contributed by atoms with E-state index in [-0.39, 0.29) is 23.8 Å². The van der Waals surface area contributed by atoms with Crippen molar-refractivity contribution in [3.05, 3.63) is 76.1 Å². The molecule has 3 aromatic rings. The molecule has 0 atom stereocenters. The maximum atomic E-state index is 12.9. The van der Waals surface area contributed by atoms with Crippen LogP contribution >= 0.6 is 0 Å². The monoisotopic (exact) mass is 354 g/mol. The predicted molar refractivity (Wildman–Crippen MR) is 98.1 cm³/mol. The van der Waals surface area contributed by atoms with E-state index in [1.807, 2.05) is 19.9 Å². The van der Waals surface area contributed by atoms with Crippen molar-refractivity contribution >= 4 is 16.9 Å². The Bertz CT molecular complexity index is 997. The molecule has 0 unspecified atom stereocenters. The van der Waals surface area contributed by atoms with Crippen molar-refractivity contribution in [3.63, 3.8) is 0 Å². The van der Waals surface area contributed by atoms with Crippen LogP contribution < -0.4 is 16.3 Å². The summed E-state index contributed by atoms with van der Waals surface area (Å²) in [6, 6.07) is 12.3. The Morgan fingerprint density at radius 2 is 1.85 bits per heavy atom. The minimum atomic E-state index is -0.546. The number of carbonyl (C=O) groups excluding carboxylic acids is 1. The molecule has 134 valence electrons. The molecule has 0 radical (unpaired) electrons. The number of amides is 2. The van der Waals surface area contributed by atoms with Crippen LogP contribution in [0.4, 0.5) is 9.18 Å². The number of aromatic nitrogens is 2. The van der Waals surface area contributed by atoms with Crippen molar-refractivity contribution in [1.29, 1.82) is 0 Å². The van der Waals surface area contributed by atoms with Gasteiger partial charge in [-0.15, -0.1) is 0 Å². The largest absolute Gasteiger partial charge is 0.334 e. The van der Waals surface area contributed by atoms with Crippen molar-refractivity contribution < 1.29 is 9.18 Å². The number of fused-ring (bicyclic) bond motifs is 1. The molecule has 2 N–H and O–H groups in total. The van der Waals surface area contributed by atoms with Crippen LogP contribution in [0.1, 0.15) is 31.2 Å². The second kappa shape index (κ2) is 7.35. The molecule has 0 fully saturated rings. The number of nitrogens with one attached hydrogen (secondary N) is 2. The van der Waals surface area contributed by atoms with Gasteiger partial charge in [-0.2, -0.15) is 0 Å². The quantitative estimate of drug-likeness (QED) is 0.756. The van der Waals surface area contributed by atoms with Gasteiger partial charge in [0.15, 0.2) is 0 Å². The zero-order valence-electron chi connectivity index (χ0n) is 14.5. The van der Waals surface area contributed by atoms with E-state index >= 15 is 0 Å². The molecule has 1 aromatic heterocycles. The summed E-state index contributed by atoms with van der Waals surface area (Å²) in [7, 11) is 0. The summed E-state index contributed by atoms with van der Waals surface area (Å²) in [6.45, 7) is 4.00. The van der Waals surface area contributed by atoms with Crippen LogP contribution in [0, 0.1) is 5.82 Å². The van der Waals surface area contributed by atoms with E-state index in [2.05, 4.69) is 15.7 Å². The van der Waals surface area contributed by atoms with Crippen LogP contribution in [0.25, 0.3) is 10.9 Å². The van der Waals surface area contributed by atoms with E-state index in [0.717, 1.165) is 5.56 Å². The average Bonchev–Trinajstić information content (AvgIpc) is 2.63. The van der Waals surface area contributed by atoms with Crippen LogP contribution in [0.3, 0.4) is 0 Å². The van der Waals surface area contributed by atoms with Crippen molar-refractivity contribution in [2.45, 2.75) is 26.3 Å². The topological polar surface area (TPSA) is 76.0 Å². The maximum absolute atomic E-state index is 12.9. The maximum Gasteiger partial charge on any atom is 0.334 e. The molecule has 2 aromatic carbocycles. The van der Waals surface area contributed by atoms with Crippen molar-refractivity contribution in [1.82, 2.24) is 15.0 Å². The molecule has 2 amide bonds. The van der Waals surface area contributed by atoms with Gasteiger partial charge < -0.3 is 5.32 Å².